The number of rotatable bonds is 3. The van der Waals surface area contributed by atoms with Gasteiger partial charge in [-0.05, 0) is 49.8 Å². The Hall–Kier alpha value is -1.29. The van der Waals surface area contributed by atoms with Gasteiger partial charge in [-0.25, -0.2) is 4.39 Å². The minimum Gasteiger partial charge on any atom is -0.397 e. The first kappa shape index (κ1) is 13.1. The lowest BCUT2D eigenvalue weighted by Crippen LogP contribution is -2.25. The molecule has 1 aromatic rings. The Balaban J connectivity index is 1.95. The minimum absolute atomic E-state index is 0.169. The summed E-state index contributed by atoms with van der Waals surface area (Å²) in [6.45, 7) is 2.51. The van der Waals surface area contributed by atoms with Gasteiger partial charge in [-0.1, -0.05) is 6.42 Å². The Kier molecular flexibility index (Phi) is 4.07. The Bertz CT molecular complexity index is 423. The van der Waals surface area contributed by atoms with E-state index in [-0.39, 0.29) is 11.9 Å². The molecule has 2 atom stereocenters. The van der Waals surface area contributed by atoms with E-state index in [1.54, 1.807) is 13.0 Å². The average Bonchev–Trinajstić information content (AvgIpc) is 2.32. The van der Waals surface area contributed by atoms with Crippen molar-refractivity contribution in [1.29, 1.82) is 0 Å². The van der Waals surface area contributed by atoms with Gasteiger partial charge >= 0.3 is 0 Å². The second kappa shape index (κ2) is 5.57. The van der Waals surface area contributed by atoms with Crippen LogP contribution in [-0.2, 0) is 0 Å². The highest BCUT2D eigenvalue weighted by atomic mass is 19.1. The van der Waals surface area contributed by atoms with Crippen LogP contribution in [0.15, 0.2) is 12.1 Å². The molecule has 0 aromatic heterocycles. The summed E-state index contributed by atoms with van der Waals surface area (Å²) in [6.07, 6.45) is 3.79. The fourth-order valence-corrected chi connectivity index (χ4v) is 2.55. The zero-order valence-electron chi connectivity index (χ0n) is 10.7. The van der Waals surface area contributed by atoms with Crippen molar-refractivity contribution in [2.24, 2.45) is 5.92 Å². The van der Waals surface area contributed by atoms with Crippen LogP contribution in [0.4, 0.5) is 15.8 Å². The van der Waals surface area contributed by atoms with Crippen LogP contribution in [0.2, 0.25) is 0 Å². The fourth-order valence-electron chi connectivity index (χ4n) is 2.55. The van der Waals surface area contributed by atoms with Gasteiger partial charge in [0.2, 0.25) is 0 Å². The maximum atomic E-state index is 13.3. The minimum atomic E-state index is -0.272. The first-order chi connectivity index (χ1) is 8.56. The lowest BCUT2D eigenvalue weighted by molar-refractivity contribution is 0.105. The molecule has 2 rings (SSSR count). The molecule has 4 N–H and O–H groups in total. The van der Waals surface area contributed by atoms with Crippen LogP contribution in [0.5, 0.6) is 0 Å². The summed E-state index contributed by atoms with van der Waals surface area (Å²) < 4.78 is 13.3. The van der Waals surface area contributed by atoms with Gasteiger partial charge in [-0.15, -0.1) is 0 Å². The fraction of sp³-hybridized carbons (Fsp3) is 0.571. The monoisotopic (exact) mass is 252 g/mol. The molecule has 18 heavy (non-hydrogen) atoms. The normalized spacial score (nSPS) is 23.9. The quantitative estimate of drug-likeness (QED) is 0.725. The summed E-state index contributed by atoms with van der Waals surface area (Å²) in [6, 6.07) is 3.09. The maximum absolute atomic E-state index is 13.3. The molecule has 0 aliphatic heterocycles. The molecule has 4 heteroatoms. The second-order valence-corrected chi connectivity index (χ2v) is 5.26. The third-order valence-electron chi connectivity index (χ3n) is 3.67. The van der Waals surface area contributed by atoms with Gasteiger partial charge in [-0.2, -0.15) is 0 Å². The van der Waals surface area contributed by atoms with E-state index in [0.717, 1.165) is 37.9 Å². The summed E-state index contributed by atoms with van der Waals surface area (Å²) in [7, 11) is 0. The van der Waals surface area contributed by atoms with Crippen LogP contribution >= 0.6 is 0 Å². The van der Waals surface area contributed by atoms with Gasteiger partial charge in [0.15, 0.2) is 0 Å². The van der Waals surface area contributed by atoms with Crippen molar-refractivity contribution in [1.82, 2.24) is 0 Å². The SMILES string of the molecule is Cc1cc(NCC2CCCC(O)C2)c(N)cc1F. The number of halogens is 1. The first-order valence-electron chi connectivity index (χ1n) is 6.54. The number of anilines is 2. The molecule has 0 heterocycles. The number of benzene rings is 1. The van der Waals surface area contributed by atoms with Crippen molar-refractivity contribution in [3.8, 4) is 0 Å². The Morgan fingerprint density at radius 3 is 2.94 bits per heavy atom. The van der Waals surface area contributed by atoms with E-state index >= 15 is 0 Å². The summed E-state index contributed by atoms with van der Waals surface area (Å²) in [5.41, 5.74) is 7.60. The van der Waals surface area contributed by atoms with Crippen LogP contribution in [0, 0.1) is 18.7 Å². The number of aryl methyl sites for hydroxylation is 1. The van der Waals surface area contributed by atoms with Gasteiger partial charge in [-0.3, -0.25) is 0 Å². The third-order valence-corrected chi connectivity index (χ3v) is 3.67. The van der Waals surface area contributed by atoms with Crippen molar-refractivity contribution in [2.75, 3.05) is 17.6 Å². The van der Waals surface area contributed by atoms with Crippen LogP contribution in [0.3, 0.4) is 0 Å². The maximum Gasteiger partial charge on any atom is 0.128 e. The molecule has 0 spiro atoms. The zero-order valence-corrected chi connectivity index (χ0v) is 10.7. The largest absolute Gasteiger partial charge is 0.397 e. The highest BCUT2D eigenvalue weighted by Crippen LogP contribution is 2.27. The second-order valence-electron chi connectivity index (χ2n) is 5.26. The van der Waals surface area contributed by atoms with Crippen LogP contribution < -0.4 is 11.1 Å². The molecule has 1 fully saturated rings. The van der Waals surface area contributed by atoms with Crippen molar-refractivity contribution in [3.05, 3.63) is 23.5 Å². The van der Waals surface area contributed by atoms with Gasteiger partial charge in [0, 0.05) is 6.54 Å². The Labute approximate surface area is 107 Å². The van der Waals surface area contributed by atoms with Gasteiger partial charge in [0.05, 0.1) is 17.5 Å². The van der Waals surface area contributed by atoms with Gasteiger partial charge < -0.3 is 16.2 Å². The first-order valence-corrected chi connectivity index (χ1v) is 6.54. The molecule has 1 aromatic carbocycles. The molecule has 100 valence electrons. The van der Waals surface area contributed by atoms with Crippen molar-refractivity contribution in [3.63, 3.8) is 0 Å². The summed E-state index contributed by atoms with van der Waals surface area (Å²) in [5, 5.41) is 12.9. The molecule has 0 amide bonds. The highest BCUT2D eigenvalue weighted by molar-refractivity contribution is 5.67. The van der Waals surface area contributed by atoms with Gasteiger partial charge in [0.1, 0.15) is 5.82 Å². The van der Waals surface area contributed by atoms with E-state index in [0.29, 0.717) is 17.2 Å². The number of hydrogen-bond acceptors (Lipinski definition) is 3. The highest BCUT2D eigenvalue weighted by Gasteiger charge is 2.20. The zero-order chi connectivity index (χ0) is 13.1. The molecule has 0 bridgehead atoms. The topological polar surface area (TPSA) is 58.3 Å². The Morgan fingerprint density at radius 1 is 1.44 bits per heavy atom. The summed E-state index contributed by atoms with van der Waals surface area (Å²) >= 11 is 0. The Morgan fingerprint density at radius 2 is 2.22 bits per heavy atom. The standard InChI is InChI=1S/C14H21FN2O/c1-9-5-14(13(16)7-12(9)15)17-8-10-3-2-4-11(18)6-10/h5,7,10-11,17-18H,2-4,6,8,16H2,1H3. The number of hydrogen-bond donors (Lipinski definition) is 3. The summed E-state index contributed by atoms with van der Waals surface area (Å²) in [5.74, 6) is 0.199. The molecule has 1 aliphatic carbocycles. The number of aliphatic hydroxyl groups excluding tert-OH is 1. The lowest BCUT2D eigenvalue weighted by atomic mass is 9.87. The molecule has 0 radical (unpaired) electrons. The smallest absolute Gasteiger partial charge is 0.128 e. The van der Waals surface area contributed by atoms with E-state index in [4.69, 9.17) is 5.73 Å². The van der Waals surface area contributed by atoms with Crippen LogP contribution in [0.25, 0.3) is 0 Å². The van der Waals surface area contributed by atoms with E-state index in [1.807, 2.05) is 0 Å². The van der Waals surface area contributed by atoms with E-state index < -0.39 is 0 Å². The number of nitrogen functional groups attached to an aromatic ring is 1. The van der Waals surface area contributed by atoms with Crippen molar-refractivity contribution in [2.45, 2.75) is 38.7 Å². The molecule has 0 saturated heterocycles. The predicted octanol–water partition coefficient (Wildman–Crippen LogP) is 2.68. The molecule has 1 aliphatic rings. The average molecular weight is 252 g/mol. The number of aliphatic hydroxyl groups is 1. The van der Waals surface area contributed by atoms with Crippen molar-refractivity contribution < 1.29 is 9.50 Å². The number of nitrogens with two attached hydrogens (primary N) is 1. The van der Waals surface area contributed by atoms with E-state index in [2.05, 4.69) is 5.32 Å². The predicted molar refractivity (Wildman–Crippen MR) is 72.0 cm³/mol. The summed E-state index contributed by atoms with van der Waals surface area (Å²) in [4.78, 5) is 0. The van der Waals surface area contributed by atoms with Crippen LogP contribution in [0.1, 0.15) is 31.2 Å². The lowest BCUT2D eigenvalue weighted by Gasteiger charge is -2.26. The molecule has 3 nitrogen and oxygen atoms in total. The molecule has 2 unspecified atom stereocenters. The molecule has 1 saturated carbocycles. The van der Waals surface area contributed by atoms with E-state index in [9.17, 15) is 9.50 Å². The van der Waals surface area contributed by atoms with E-state index in [1.165, 1.54) is 6.07 Å². The van der Waals surface area contributed by atoms with Gasteiger partial charge in [0.25, 0.3) is 0 Å². The molecular weight excluding hydrogens is 231 g/mol. The van der Waals surface area contributed by atoms with Crippen LogP contribution in [-0.4, -0.2) is 17.8 Å². The third kappa shape index (κ3) is 3.13. The number of nitrogens with one attached hydrogen (secondary N) is 1. The van der Waals surface area contributed by atoms with Crippen molar-refractivity contribution >= 4 is 11.4 Å². The molecular formula is C14H21FN2O.